The van der Waals surface area contributed by atoms with Gasteiger partial charge in [-0.2, -0.15) is 13.2 Å². The summed E-state index contributed by atoms with van der Waals surface area (Å²) in [7, 11) is 0. The molecule has 1 aliphatic heterocycles. The Morgan fingerprint density at radius 1 is 1.35 bits per heavy atom. The average Bonchev–Trinajstić information content (AvgIpc) is 2.40. The Balaban J connectivity index is 0.000000246. The second-order valence-electron chi connectivity index (χ2n) is 3.73. The van der Waals surface area contributed by atoms with Crippen molar-refractivity contribution in [3.63, 3.8) is 0 Å². The lowest BCUT2D eigenvalue weighted by molar-refractivity contribution is -0.192. The van der Waals surface area contributed by atoms with Crippen LogP contribution in [-0.2, 0) is 9.59 Å². The molecule has 2 heterocycles. The molecule has 20 heavy (non-hydrogen) atoms. The van der Waals surface area contributed by atoms with Gasteiger partial charge in [0.15, 0.2) is 0 Å². The van der Waals surface area contributed by atoms with Crippen LogP contribution in [0.4, 0.5) is 18.9 Å². The SMILES string of the molecule is O=C(O)C(F)(F)F.O=C1CNCCN1c1ccncc1. The second-order valence-corrected chi connectivity index (χ2v) is 3.73. The number of carboxylic acids is 1. The second kappa shape index (κ2) is 6.85. The van der Waals surface area contributed by atoms with Crippen molar-refractivity contribution in [1.82, 2.24) is 10.3 Å². The number of halogens is 3. The lowest BCUT2D eigenvalue weighted by Gasteiger charge is -2.27. The zero-order valence-electron chi connectivity index (χ0n) is 10.2. The number of hydrogen-bond donors (Lipinski definition) is 2. The van der Waals surface area contributed by atoms with Gasteiger partial charge >= 0.3 is 12.1 Å². The summed E-state index contributed by atoms with van der Waals surface area (Å²) in [4.78, 5) is 26.0. The number of nitrogens with zero attached hydrogens (tertiary/aromatic N) is 2. The van der Waals surface area contributed by atoms with E-state index in [9.17, 15) is 18.0 Å². The van der Waals surface area contributed by atoms with Crippen LogP contribution >= 0.6 is 0 Å². The Bertz CT molecular complexity index is 465. The van der Waals surface area contributed by atoms with Crippen molar-refractivity contribution < 1.29 is 27.9 Å². The molecule has 110 valence electrons. The van der Waals surface area contributed by atoms with Crippen molar-refractivity contribution in [1.29, 1.82) is 0 Å². The molecule has 1 aromatic heterocycles. The Labute approximate surface area is 112 Å². The first-order valence-corrected chi connectivity index (χ1v) is 5.53. The molecular weight excluding hydrogens is 279 g/mol. The number of aromatic nitrogens is 1. The Hall–Kier alpha value is -2.16. The molecule has 0 saturated carbocycles. The molecule has 0 unspecified atom stereocenters. The zero-order chi connectivity index (χ0) is 15.2. The van der Waals surface area contributed by atoms with Gasteiger partial charge in [-0.1, -0.05) is 0 Å². The first-order valence-electron chi connectivity index (χ1n) is 5.53. The first-order chi connectivity index (χ1) is 9.32. The minimum absolute atomic E-state index is 0.123. The summed E-state index contributed by atoms with van der Waals surface area (Å²) >= 11 is 0. The smallest absolute Gasteiger partial charge is 0.475 e. The van der Waals surface area contributed by atoms with E-state index in [0.717, 1.165) is 18.8 Å². The third-order valence-electron chi connectivity index (χ3n) is 2.31. The molecule has 0 spiro atoms. The van der Waals surface area contributed by atoms with E-state index in [1.807, 2.05) is 12.1 Å². The van der Waals surface area contributed by atoms with Crippen LogP contribution in [0.5, 0.6) is 0 Å². The highest BCUT2D eigenvalue weighted by Crippen LogP contribution is 2.13. The summed E-state index contributed by atoms with van der Waals surface area (Å²) in [5.74, 6) is -2.63. The van der Waals surface area contributed by atoms with Gasteiger partial charge in [0, 0.05) is 31.2 Å². The molecule has 0 radical (unpaired) electrons. The van der Waals surface area contributed by atoms with Crippen molar-refractivity contribution in [3.05, 3.63) is 24.5 Å². The molecular formula is C11H12F3N3O3. The maximum absolute atomic E-state index is 11.4. The normalized spacial score (nSPS) is 15.3. The van der Waals surface area contributed by atoms with Crippen molar-refractivity contribution in [2.45, 2.75) is 6.18 Å². The molecule has 0 atom stereocenters. The predicted octanol–water partition coefficient (Wildman–Crippen LogP) is 0.651. The monoisotopic (exact) mass is 291 g/mol. The van der Waals surface area contributed by atoms with E-state index in [4.69, 9.17) is 9.90 Å². The molecule has 6 nitrogen and oxygen atoms in total. The Morgan fingerprint density at radius 3 is 2.35 bits per heavy atom. The number of piperazine rings is 1. The molecule has 0 aromatic carbocycles. The van der Waals surface area contributed by atoms with Gasteiger partial charge in [-0.25, -0.2) is 4.79 Å². The van der Waals surface area contributed by atoms with Crippen LogP contribution in [-0.4, -0.2) is 47.8 Å². The number of hydrogen-bond acceptors (Lipinski definition) is 4. The van der Waals surface area contributed by atoms with Crippen molar-refractivity contribution in [2.75, 3.05) is 24.5 Å². The topological polar surface area (TPSA) is 82.5 Å². The van der Waals surface area contributed by atoms with E-state index >= 15 is 0 Å². The molecule has 0 aliphatic carbocycles. The van der Waals surface area contributed by atoms with Gasteiger partial charge in [-0.15, -0.1) is 0 Å². The van der Waals surface area contributed by atoms with Gasteiger partial charge in [-0.05, 0) is 12.1 Å². The summed E-state index contributed by atoms with van der Waals surface area (Å²) in [6, 6.07) is 3.70. The van der Waals surface area contributed by atoms with Gasteiger partial charge < -0.3 is 15.3 Å². The minimum atomic E-state index is -5.08. The summed E-state index contributed by atoms with van der Waals surface area (Å²) < 4.78 is 31.7. The minimum Gasteiger partial charge on any atom is -0.475 e. The van der Waals surface area contributed by atoms with Gasteiger partial charge in [0.25, 0.3) is 0 Å². The van der Waals surface area contributed by atoms with Gasteiger partial charge in [-0.3, -0.25) is 9.78 Å². The Kier molecular flexibility index (Phi) is 5.44. The van der Waals surface area contributed by atoms with E-state index < -0.39 is 12.1 Å². The van der Waals surface area contributed by atoms with E-state index in [0.29, 0.717) is 6.54 Å². The van der Waals surface area contributed by atoms with Crippen molar-refractivity contribution in [3.8, 4) is 0 Å². The van der Waals surface area contributed by atoms with Crippen LogP contribution in [0.25, 0.3) is 0 Å². The fraction of sp³-hybridized carbons (Fsp3) is 0.364. The Morgan fingerprint density at radius 2 is 1.90 bits per heavy atom. The summed E-state index contributed by atoms with van der Waals surface area (Å²) in [6.07, 6.45) is -1.69. The molecule has 1 aromatic rings. The molecule has 2 N–H and O–H groups in total. The fourth-order valence-corrected chi connectivity index (χ4v) is 1.40. The van der Waals surface area contributed by atoms with Crippen LogP contribution in [0.3, 0.4) is 0 Å². The maximum Gasteiger partial charge on any atom is 0.490 e. The van der Waals surface area contributed by atoms with Crippen LogP contribution in [0.1, 0.15) is 0 Å². The third-order valence-corrected chi connectivity index (χ3v) is 2.31. The molecule has 1 fully saturated rings. The number of amides is 1. The number of pyridine rings is 1. The number of aliphatic carboxylic acids is 1. The lowest BCUT2D eigenvalue weighted by atomic mass is 10.3. The first kappa shape index (κ1) is 15.9. The molecule has 2 rings (SSSR count). The molecule has 1 amide bonds. The number of carboxylic acid groups (broad SMARTS) is 1. The number of rotatable bonds is 1. The van der Waals surface area contributed by atoms with Crippen molar-refractivity contribution >= 4 is 17.6 Å². The van der Waals surface area contributed by atoms with Crippen LogP contribution in [0, 0.1) is 0 Å². The van der Waals surface area contributed by atoms with E-state index in [-0.39, 0.29) is 5.91 Å². The summed E-state index contributed by atoms with van der Waals surface area (Å²) in [5, 5.41) is 10.2. The van der Waals surface area contributed by atoms with Crippen LogP contribution < -0.4 is 10.2 Å². The standard InChI is InChI=1S/C9H11N3O.C2HF3O2/c13-9-7-11-5-6-12(9)8-1-3-10-4-2-8;3-2(4,5)1(6)7/h1-4,11H,5-7H2;(H,6,7). The highest BCUT2D eigenvalue weighted by Gasteiger charge is 2.38. The third kappa shape index (κ3) is 4.84. The highest BCUT2D eigenvalue weighted by atomic mass is 19.4. The number of carbonyl (C=O) groups is 2. The van der Waals surface area contributed by atoms with E-state index in [1.54, 1.807) is 17.3 Å². The molecule has 0 bridgehead atoms. The number of carbonyl (C=O) groups excluding carboxylic acids is 1. The number of anilines is 1. The maximum atomic E-state index is 11.4. The zero-order valence-corrected chi connectivity index (χ0v) is 10.2. The largest absolute Gasteiger partial charge is 0.490 e. The average molecular weight is 291 g/mol. The molecule has 1 saturated heterocycles. The predicted molar refractivity (Wildman–Crippen MR) is 63.2 cm³/mol. The fourth-order valence-electron chi connectivity index (χ4n) is 1.40. The van der Waals surface area contributed by atoms with E-state index in [2.05, 4.69) is 10.3 Å². The van der Waals surface area contributed by atoms with Gasteiger partial charge in [0.1, 0.15) is 0 Å². The lowest BCUT2D eigenvalue weighted by Crippen LogP contribution is -2.48. The van der Waals surface area contributed by atoms with E-state index in [1.165, 1.54) is 0 Å². The number of alkyl halides is 3. The summed E-state index contributed by atoms with van der Waals surface area (Å²) in [6.45, 7) is 2.03. The highest BCUT2D eigenvalue weighted by molar-refractivity contribution is 5.95. The molecule has 9 heteroatoms. The van der Waals surface area contributed by atoms with Gasteiger partial charge in [0.2, 0.25) is 5.91 Å². The number of nitrogens with one attached hydrogen (secondary N) is 1. The molecule has 1 aliphatic rings. The van der Waals surface area contributed by atoms with Crippen molar-refractivity contribution in [2.24, 2.45) is 0 Å². The van der Waals surface area contributed by atoms with Crippen LogP contribution in [0.15, 0.2) is 24.5 Å². The summed E-state index contributed by atoms with van der Waals surface area (Å²) in [5.41, 5.74) is 0.932. The quantitative estimate of drug-likeness (QED) is 0.794. The van der Waals surface area contributed by atoms with Gasteiger partial charge in [0.05, 0.1) is 6.54 Å². The van der Waals surface area contributed by atoms with Crippen LogP contribution in [0.2, 0.25) is 0 Å².